The third kappa shape index (κ3) is 2.47. The number of rotatable bonds is 2. The lowest BCUT2D eigenvalue weighted by atomic mass is 9.95. The SMILES string of the molecule is Cc1cccc(C)c1C(=O)c1cccc(Br)c1. The van der Waals surface area contributed by atoms with E-state index in [2.05, 4.69) is 15.9 Å². The molecule has 2 heteroatoms. The summed E-state index contributed by atoms with van der Waals surface area (Å²) in [7, 11) is 0. The van der Waals surface area contributed by atoms with Gasteiger partial charge in [0.1, 0.15) is 0 Å². The van der Waals surface area contributed by atoms with Crippen LogP contribution in [-0.4, -0.2) is 5.78 Å². The fourth-order valence-corrected chi connectivity index (χ4v) is 2.35. The first-order chi connectivity index (χ1) is 8.09. The Bertz CT molecular complexity index is 553. The molecule has 0 bridgehead atoms. The topological polar surface area (TPSA) is 17.1 Å². The second-order valence-electron chi connectivity index (χ2n) is 4.11. The normalized spacial score (nSPS) is 10.3. The largest absolute Gasteiger partial charge is 0.289 e. The highest BCUT2D eigenvalue weighted by Crippen LogP contribution is 2.20. The van der Waals surface area contributed by atoms with Crippen LogP contribution >= 0.6 is 15.9 Å². The Balaban J connectivity index is 2.51. The number of carbonyl (C=O) groups excluding carboxylic acids is 1. The lowest BCUT2D eigenvalue weighted by Crippen LogP contribution is -2.06. The highest BCUT2D eigenvalue weighted by molar-refractivity contribution is 9.10. The van der Waals surface area contributed by atoms with Crippen molar-refractivity contribution in [1.82, 2.24) is 0 Å². The van der Waals surface area contributed by atoms with Gasteiger partial charge in [-0.05, 0) is 37.1 Å². The van der Waals surface area contributed by atoms with Crippen LogP contribution in [0.2, 0.25) is 0 Å². The zero-order valence-electron chi connectivity index (χ0n) is 9.83. The summed E-state index contributed by atoms with van der Waals surface area (Å²) >= 11 is 3.39. The van der Waals surface area contributed by atoms with Gasteiger partial charge in [-0.15, -0.1) is 0 Å². The minimum atomic E-state index is 0.0851. The number of hydrogen-bond acceptors (Lipinski definition) is 1. The molecule has 2 aromatic carbocycles. The average Bonchev–Trinajstić information content (AvgIpc) is 2.28. The van der Waals surface area contributed by atoms with Gasteiger partial charge < -0.3 is 0 Å². The van der Waals surface area contributed by atoms with E-state index >= 15 is 0 Å². The smallest absolute Gasteiger partial charge is 0.193 e. The summed E-state index contributed by atoms with van der Waals surface area (Å²) in [6.45, 7) is 3.94. The van der Waals surface area contributed by atoms with Gasteiger partial charge in [0.25, 0.3) is 0 Å². The van der Waals surface area contributed by atoms with E-state index in [-0.39, 0.29) is 5.78 Å². The molecular weight excluding hydrogens is 276 g/mol. The second-order valence-corrected chi connectivity index (χ2v) is 5.02. The molecule has 0 aliphatic rings. The number of aryl methyl sites for hydroxylation is 2. The first-order valence-electron chi connectivity index (χ1n) is 5.46. The average molecular weight is 289 g/mol. The number of halogens is 1. The predicted octanol–water partition coefficient (Wildman–Crippen LogP) is 4.30. The van der Waals surface area contributed by atoms with Gasteiger partial charge in [-0.1, -0.05) is 46.3 Å². The summed E-state index contributed by atoms with van der Waals surface area (Å²) in [5, 5.41) is 0. The number of ketones is 1. The monoisotopic (exact) mass is 288 g/mol. The van der Waals surface area contributed by atoms with Crippen LogP contribution in [0.3, 0.4) is 0 Å². The van der Waals surface area contributed by atoms with Crippen molar-refractivity contribution in [3.05, 3.63) is 69.2 Å². The van der Waals surface area contributed by atoms with Crippen molar-refractivity contribution in [1.29, 1.82) is 0 Å². The van der Waals surface area contributed by atoms with Gasteiger partial charge in [-0.3, -0.25) is 4.79 Å². The quantitative estimate of drug-likeness (QED) is 0.753. The molecule has 86 valence electrons. The summed E-state index contributed by atoms with van der Waals surface area (Å²) in [4.78, 5) is 12.4. The van der Waals surface area contributed by atoms with Gasteiger partial charge in [-0.25, -0.2) is 0 Å². The molecule has 2 rings (SSSR count). The van der Waals surface area contributed by atoms with Crippen LogP contribution in [0.5, 0.6) is 0 Å². The molecule has 0 aromatic heterocycles. The maximum absolute atomic E-state index is 12.4. The minimum Gasteiger partial charge on any atom is -0.289 e. The van der Waals surface area contributed by atoms with E-state index in [1.54, 1.807) is 0 Å². The second kappa shape index (κ2) is 4.84. The summed E-state index contributed by atoms with van der Waals surface area (Å²) in [5.41, 5.74) is 3.58. The highest BCUT2D eigenvalue weighted by atomic mass is 79.9. The molecular formula is C15H13BrO. The zero-order valence-corrected chi connectivity index (χ0v) is 11.4. The van der Waals surface area contributed by atoms with Crippen molar-refractivity contribution in [3.63, 3.8) is 0 Å². The number of carbonyl (C=O) groups is 1. The third-order valence-corrected chi connectivity index (χ3v) is 3.29. The zero-order chi connectivity index (χ0) is 12.4. The molecule has 0 unspecified atom stereocenters. The molecule has 0 heterocycles. The fourth-order valence-electron chi connectivity index (χ4n) is 1.95. The Labute approximate surface area is 110 Å². The maximum atomic E-state index is 12.4. The van der Waals surface area contributed by atoms with E-state index in [0.29, 0.717) is 0 Å². The molecule has 0 spiro atoms. The molecule has 0 saturated carbocycles. The van der Waals surface area contributed by atoms with E-state index in [9.17, 15) is 4.79 Å². The standard InChI is InChI=1S/C15H13BrO/c1-10-5-3-6-11(2)14(10)15(17)12-7-4-8-13(16)9-12/h3-9H,1-2H3. The third-order valence-electron chi connectivity index (χ3n) is 2.79. The lowest BCUT2D eigenvalue weighted by Gasteiger charge is -2.08. The fraction of sp³-hybridized carbons (Fsp3) is 0.133. The molecule has 0 aliphatic heterocycles. The van der Waals surface area contributed by atoms with Crippen LogP contribution in [0.25, 0.3) is 0 Å². The Morgan fingerprint density at radius 2 is 1.59 bits per heavy atom. The van der Waals surface area contributed by atoms with Crippen LogP contribution in [0.1, 0.15) is 27.0 Å². The predicted molar refractivity (Wildman–Crippen MR) is 73.5 cm³/mol. The Kier molecular flexibility index (Phi) is 3.43. The van der Waals surface area contributed by atoms with Crippen molar-refractivity contribution in [2.75, 3.05) is 0 Å². The van der Waals surface area contributed by atoms with Crippen molar-refractivity contribution in [3.8, 4) is 0 Å². The molecule has 0 fully saturated rings. The Morgan fingerprint density at radius 1 is 1.00 bits per heavy atom. The summed E-state index contributed by atoms with van der Waals surface area (Å²) in [5.74, 6) is 0.0851. The van der Waals surface area contributed by atoms with E-state index in [0.717, 1.165) is 26.7 Å². The summed E-state index contributed by atoms with van der Waals surface area (Å²) in [6.07, 6.45) is 0. The van der Waals surface area contributed by atoms with Gasteiger partial charge >= 0.3 is 0 Å². The molecule has 2 aromatic rings. The molecule has 1 nitrogen and oxygen atoms in total. The van der Waals surface area contributed by atoms with E-state index in [1.807, 2.05) is 56.3 Å². The van der Waals surface area contributed by atoms with E-state index in [1.165, 1.54) is 0 Å². The summed E-state index contributed by atoms with van der Waals surface area (Å²) in [6, 6.07) is 13.4. The first-order valence-corrected chi connectivity index (χ1v) is 6.25. The van der Waals surface area contributed by atoms with Crippen LogP contribution < -0.4 is 0 Å². The van der Waals surface area contributed by atoms with Crippen molar-refractivity contribution in [2.45, 2.75) is 13.8 Å². The number of benzene rings is 2. The van der Waals surface area contributed by atoms with Crippen molar-refractivity contribution >= 4 is 21.7 Å². The molecule has 0 atom stereocenters. The molecule has 0 radical (unpaired) electrons. The van der Waals surface area contributed by atoms with Crippen molar-refractivity contribution in [2.24, 2.45) is 0 Å². The first kappa shape index (κ1) is 12.1. The maximum Gasteiger partial charge on any atom is 0.193 e. The molecule has 0 aliphatic carbocycles. The summed E-state index contributed by atoms with van der Waals surface area (Å²) < 4.78 is 0.926. The molecule has 0 N–H and O–H groups in total. The van der Waals surface area contributed by atoms with Gasteiger partial charge in [0.05, 0.1) is 0 Å². The van der Waals surface area contributed by atoms with Crippen LogP contribution in [-0.2, 0) is 0 Å². The lowest BCUT2D eigenvalue weighted by molar-refractivity contribution is 0.103. The van der Waals surface area contributed by atoms with Crippen LogP contribution in [0, 0.1) is 13.8 Å². The van der Waals surface area contributed by atoms with E-state index in [4.69, 9.17) is 0 Å². The van der Waals surface area contributed by atoms with Crippen LogP contribution in [0.15, 0.2) is 46.9 Å². The molecule has 0 amide bonds. The van der Waals surface area contributed by atoms with E-state index < -0.39 is 0 Å². The van der Waals surface area contributed by atoms with Crippen LogP contribution in [0.4, 0.5) is 0 Å². The minimum absolute atomic E-state index is 0.0851. The number of hydrogen-bond donors (Lipinski definition) is 0. The Morgan fingerprint density at radius 3 is 2.18 bits per heavy atom. The van der Waals surface area contributed by atoms with Gasteiger partial charge in [0, 0.05) is 15.6 Å². The Hall–Kier alpha value is -1.41. The van der Waals surface area contributed by atoms with Gasteiger partial charge in [0.2, 0.25) is 0 Å². The van der Waals surface area contributed by atoms with Gasteiger partial charge in [0.15, 0.2) is 5.78 Å². The van der Waals surface area contributed by atoms with Gasteiger partial charge in [-0.2, -0.15) is 0 Å². The molecule has 0 saturated heterocycles. The highest BCUT2D eigenvalue weighted by Gasteiger charge is 2.13. The molecule has 17 heavy (non-hydrogen) atoms. The van der Waals surface area contributed by atoms with Crippen molar-refractivity contribution < 1.29 is 4.79 Å².